The van der Waals surface area contributed by atoms with Crippen LogP contribution in [0.4, 0.5) is 8.78 Å². The number of amides is 2. The number of benzene rings is 2. The van der Waals surface area contributed by atoms with Crippen LogP contribution < -0.4 is 15.4 Å². The Kier molecular flexibility index (Phi) is 6.33. The summed E-state index contributed by atoms with van der Waals surface area (Å²) < 4.78 is 63.7. The Morgan fingerprint density at radius 3 is 2.34 bits per heavy atom. The van der Waals surface area contributed by atoms with Crippen LogP contribution in [0.3, 0.4) is 0 Å². The molecule has 0 saturated heterocycles. The lowest BCUT2D eigenvalue weighted by Gasteiger charge is -2.39. The number of carbonyl (C=O) groups is 2. The fraction of sp³-hybridized carbons (Fsp3) is 0.414. The fourth-order valence-corrected chi connectivity index (χ4v) is 6.55. The van der Waals surface area contributed by atoms with E-state index in [9.17, 15) is 32.0 Å². The van der Waals surface area contributed by atoms with Gasteiger partial charge >= 0.3 is 0 Å². The zero-order valence-electron chi connectivity index (χ0n) is 22.0. The van der Waals surface area contributed by atoms with Crippen molar-refractivity contribution in [3.05, 3.63) is 53.8 Å². The summed E-state index contributed by atoms with van der Waals surface area (Å²) in [5, 5.41) is 15.3. The van der Waals surface area contributed by atoms with Gasteiger partial charge in [-0.05, 0) is 55.0 Å². The van der Waals surface area contributed by atoms with E-state index in [0.717, 1.165) is 11.1 Å². The first-order chi connectivity index (χ1) is 19.4. The number of rotatable bonds is 5. The van der Waals surface area contributed by atoms with E-state index in [2.05, 4.69) is 16.7 Å². The number of nitriles is 1. The van der Waals surface area contributed by atoms with Gasteiger partial charge in [0.15, 0.2) is 15.6 Å². The number of hydrogen-bond donors (Lipinski definition) is 2. The van der Waals surface area contributed by atoms with Crippen molar-refractivity contribution < 1.29 is 35.9 Å². The maximum atomic E-state index is 14.0. The van der Waals surface area contributed by atoms with Crippen LogP contribution in [0.25, 0.3) is 22.1 Å². The molecule has 2 amide bonds. The number of fused-ring (bicyclic) bond motifs is 2. The molecule has 0 bridgehead atoms. The zero-order valence-corrected chi connectivity index (χ0v) is 22.8. The lowest BCUT2D eigenvalue weighted by atomic mass is 9.78. The Morgan fingerprint density at radius 1 is 0.927 bits per heavy atom. The third kappa shape index (κ3) is 5.38. The van der Waals surface area contributed by atoms with Gasteiger partial charge in [-0.1, -0.05) is 24.3 Å². The summed E-state index contributed by atoms with van der Waals surface area (Å²) in [6.45, 7) is 0.0725. The zero-order chi connectivity index (χ0) is 29.0. The molecule has 2 aromatic carbocycles. The number of alkyl halides is 2. The Balaban J connectivity index is 1.25. The third-order valence-electron chi connectivity index (χ3n) is 8.11. The van der Waals surface area contributed by atoms with Gasteiger partial charge in [-0.2, -0.15) is 5.26 Å². The van der Waals surface area contributed by atoms with E-state index in [1.54, 1.807) is 30.3 Å². The maximum absolute atomic E-state index is 14.0. The number of nitrogens with zero attached hydrogens (tertiary/aromatic N) is 1. The highest BCUT2D eigenvalue weighted by Gasteiger charge is 2.53. The Bertz CT molecular complexity index is 1710. The van der Waals surface area contributed by atoms with Crippen LogP contribution in [0.2, 0.25) is 0 Å². The Hall–Kier alpha value is -3.98. The first-order valence-electron chi connectivity index (χ1n) is 13.3. The molecule has 0 atom stereocenters. The number of furan rings is 1. The van der Waals surface area contributed by atoms with Crippen LogP contribution in [0.5, 0.6) is 5.75 Å². The first kappa shape index (κ1) is 27.2. The number of sulfone groups is 1. The molecule has 214 valence electrons. The predicted octanol–water partition coefficient (Wildman–Crippen LogP) is 4.26. The van der Waals surface area contributed by atoms with Crippen molar-refractivity contribution in [2.45, 2.75) is 61.3 Å². The number of nitrogens with one attached hydrogen (secondary N) is 2. The van der Waals surface area contributed by atoms with Crippen LogP contribution >= 0.6 is 0 Å². The van der Waals surface area contributed by atoms with E-state index < -0.39 is 51.5 Å². The highest BCUT2D eigenvalue weighted by atomic mass is 32.2. The number of carbonyl (C=O) groups excluding carboxylic acids is 2. The van der Waals surface area contributed by atoms with Gasteiger partial charge in [0.2, 0.25) is 11.8 Å². The van der Waals surface area contributed by atoms with Crippen molar-refractivity contribution in [1.82, 2.24) is 10.6 Å². The molecule has 1 aromatic heterocycles. The Morgan fingerprint density at radius 2 is 1.63 bits per heavy atom. The molecule has 0 unspecified atom stereocenters. The molecular weight excluding hydrogens is 556 g/mol. The monoisotopic (exact) mass is 583 g/mol. The average Bonchev–Trinajstić information content (AvgIpc) is 3.60. The summed E-state index contributed by atoms with van der Waals surface area (Å²) in [5.41, 5.74) is -0.123. The maximum Gasteiger partial charge on any atom is 0.287 e. The normalized spacial score (nSPS) is 21.4. The highest BCUT2D eigenvalue weighted by Crippen LogP contribution is 2.41. The highest BCUT2D eigenvalue weighted by molar-refractivity contribution is 7.90. The second-order valence-corrected chi connectivity index (χ2v) is 13.4. The van der Waals surface area contributed by atoms with E-state index in [0.29, 0.717) is 35.1 Å². The molecule has 2 N–H and O–H groups in total. The van der Waals surface area contributed by atoms with Crippen molar-refractivity contribution in [3.8, 4) is 22.9 Å². The lowest BCUT2D eigenvalue weighted by molar-refractivity contribution is -0.133. The van der Waals surface area contributed by atoms with Gasteiger partial charge < -0.3 is 19.8 Å². The van der Waals surface area contributed by atoms with Crippen LogP contribution in [-0.2, 0) is 20.4 Å². The smallest absolute Gasteiger partial charge is 0.287 e. The molecule has 2 saturated carbocycles. The van der Waals surface area contributed by atoms with E-state index in [1.165, 1.54) is 6.07 Å². The van der Waals surface area contributed by atoms with Crippen LogP contribution in [-0.4, -0.2) is 49.6 Å². The standard InChI is InChI=1S/C29H27F2N3O6S/c30-29(31)9-7-28(8-10-29,26(36)34-27(17-32)5-6-27)33-25(35)24-15-20-3-1-19(14-23(20)40-24)18-2-4-21-16-41(37,38)12-11-39-22(21)13-18/h1-4,13-15H,5-12,16H2,(H,33,35)(H,34,36). The predicted molar refractivity (Wildman–Crippen MR) is 144 cm³/mol. The molecule has 9 nitrogen and oxygen atoms in total. The van der Waals surface area contributed by atoms with Gasteiger partial charge in [-0.3, -0.25) is 9.59 Å². The van der Waals surface area contributed by atoms with Crippen molar-refractivity contribution in [3.63, 3.8) is 0 Å². The second-order valence-electron chi connectivity index (χ2n) is 11.2. The number of ether oxygens (including phenoxy) is 1. The molecule has 3 aromatic rings. The van der Waals surface area contributed by atoms with E-state index in [-0.39, 0.29) is 36.7 Å². The van der Waals surface area contributed by atoms with Crippen LogP contribution in [0.15, 0.2) is 46.9 Å². The molecule has 3 aliphatic rings. The minimum Gasteiger partial charge on any atom is -0.492 e. The molecule has 2 aliphatic carbocycles. The number of halogens is 2. The van der Waals surface area contributed by atoms with Gasteiger partial charge in [-0.25, -0.2) is 17.2 Å². The third-order valence-corrected chi connectivity index (χ3v) is 9.65. The van der Waals surface area contributed by atoms with Gasteiger partial charge in [0.05, 0.1) is 17.6 Å². The summed E-state index contributed by atoms with van der Waals surface area (Å²) in [5.74, 6) is -4.03. The second kappa shape index (κ2) is 9.55. The molecule has 6 rings (SSSR count). The van der Waals surface area contributed by atoms with Gasteiger partial charge in [0, 0.05) is 23.8 Å². The minimum absolute atomic E-state index is 0.0508. The molecule has 2 heterocycles. The molecule has 12 heteroatoms. The van der Waals surface area contributed by atoms with Gasteiger partial charge in [0.25, 0.3) is 5.91 Å². The minimum atomic E-state index is -3.23. The molecule has 41 heavy (non-hydrogen) atoms. The molecule has 0 spiro atoms. The van der Waals surface area contributed by atoms with E-state index >= 15 is 0 Å². The van der Waals surface area contributed by atoms with Crippen LogP contribution in [0, 0.1) is 11.3 Å². The number of hydrogen-bond acceptors (Lipinski definition) is 7. The lowest BCUT2D eigenvalue weighted by Crippen LogP contribution is -2.62. The fourth-order valence-electron chi connectivity index (χ4n) is 5.36. The summed E-state index contributed by atoms with van der Waals surface area (Å²) in [6, 6.07) is 14.2. The quantitative estimate of drug-likeness (QED) is 0.458. The van der Waals surface area contributed by atoms with E-state index in [1.807, 2.05) is 6.07 Å². The Labute approximate surface area is 234 Å². The van der Waals surface area contributed by atoms with Gasteiger partial charge in [0.1, 0.15) is 29.0 Å². The summed E-state index contributed by atoms with van der Waals surface area (Å²) >= 11 is 0. The van der Waals surface area contributed by atoms with Gasteiger partial charge in [-0.15, -0.1) is 0 Å². The van der Waals surface area contributed by atoms with Crippen molar-refractivity contribution in [1.29, 1.82) is 5.26 Å². The summed E-state index contributed by atoms with van der Waals surface area (Å²) in [6.07, 6.45) is -0.746. The molecule has 2 fully saturated rings. The summed E-state index contributed by atoms with van der Waals surface area (Å²) in [7, 11) is -3.23. The molecule has 1 aliphatic heterocycles. The van der Waals surface area contributed by atoms with Crippen molar-refractivity contribution in [2.75, 3.05) is 12.4 Å². The van der Waals surface area contributed by atoms with E-state index in [4.69, 9.17) is 9.15 Å². The van der Waals surface area contributed by atoms with Crippen molar-refractivity contribution in [2.24, 2.45) is 0 Å². The van der Waals surface area contributed by atoms with Crippen molar-refractivity contribution >= 4 is 32.6 Å². The molecule has 0 radical (unpaired) electrons. The molecular formula is C29H27F2N3O6S. The largest absolute Gasteiger partial charge is 0.492 e. The first-order valence-corrected chi connectivity index (χ1v) is 15.2. The SMILES string of the molecule is N#CC1(NC(=O)C2(NC(=O)c3cc4ccc(-c5ccc6c(c5)OCCS(=O)(=O)C6)cc4o3)CCC(F)(F)CC2)CC1. The summed E-state index contributed by atoms with van der Waals surface area (Å²) in [4.78, 5) is 26.6. The topological polar surface area (TPSA) is 138 Å². The average molecular weight is 584 g/mol. The van der Waals surface area contributed by atoms with Crippen LogP contribution in [0.1, 0.15) is 54.6 Å².